The van der Waals surface area contributed by atoms with Gasteiger partial charge in [0.15, 0.2) is 0 Å². The summed E-state index contributed by atoms with van der Waals surface area (Å²) in [5, 5.41) is 19.8. The molecule has 5 nitrogen and oxygen atoms in total. The number of aromatic hydroxyl groups is 1. The largest absolute Gasteiger partial charge is 0.502 e. The Kier molecular flexibility index (Phi) is 3.35. The molecule has 0 spiro atoms. The molecule has 1 aromatic rings. The minimum Gasteiger partial charge on any atom is -0.502 e. The highest BCUT2D eigenvalue weighted by Crippen LogP contribution is 2.31. The third-order valence-corrected chi connectivity index (χ3v) is 1.71. The van der Waals surface area contributed by atoms with Crippen LogP contribution in [0.25, 0.3) is 6.08 Å². The average Bonchev–Trinajstić information content (AvgIpc) is 2.18. The fourth-order valence-electron chi connectivity index (χ4n) is 1.07. The highest BCUT2D eigenvalue weighted by atomic mass is 19.1. The standard InChI is InChI=1S/C9H9FN2O3/c10-7-4-6(2-1-3-11)9(13)8(5-7)12(14)15/h1-2,4-5,13H,3,11H2/b2-1+. The number of benzene rings is 1. The lowest BCUT2D eigenvalue weighted by Crippen LogP contribution is -1.94. The molecule has 15 heavy (non-hydrogen) atoms. The van der Waals surface area contributed by atoms with Crippen LogP contribution in [0.3, 0.4) is 0 Å². The molecule has 3 N–H and O–H groups in total. The first-order chi connectivity index (χ1) is 7.06. The molecule has 0 saturated heterocycles. The van der Waals surface area contributed by atoms with E-state index >= 15 is 0 Å². The van der Waals surface area contributed by atoms with Gasteiger partial charge < -0.3 is 10.8 Å². The predicted molar refractivity (Wildman–Crippen MR) is 52.8 cm³/mol. The molecule has 0 heterocycles. The number of nitrogens with two attached hydrogens (primary N) is 1. The van der Waals surface area contributed by atoms with Gasteiger partial charge in [-0.1, -0.05) is 12.2 Å². The summed E-state index contributed by atoms with van der Waals surface area (Å²) >= 11 is 0. The topological polar surface area (TPSA) is 89.4 Å². The van der Waals surface area contributed by atoms with Crippen LogP contribution in [0.2, 0.25) is 0 Å². The lowest BCUT2D eigenvalue weighted by molar-refractivity contribution is -0.386. The van der Waals surface area contributed by atoms with Crippen molar-refractivity contribution in [3.05, 3.63) is 39.7 Å². The van der Waals surface area contributed by atoms with Gasteiger partial charge in [-0.3, -0.25) is 10.1 Å². The van der Waals surface area contributed by atoms with Gasteiger partial charge >= 0.3 is 5.69 Å². The number of nitro benzene ring substituents is 1. The highest BCUT2D eigenvalue weighted by Gasteiger charge is 2.17. The van der Waals surface area contributed by atoms with E-state index in [0.29, 0.717) is 6.07 Å². The van der Waals surface area contributed by atoms with E-state index in [1.807, 2.05) is 0 Å². The van der Waals surface area contributed by atoms with Gasteiger partial charge in [0.1, 0.15) is 5.82 Å². The number of hydrogen-bond acceptors (Lipinski definition) is 4. The normalized spacial score (nSPS) is 10.8. The van der Waals surface area contributed by atoms with Crippen molar-refractivity contribution in [2.75, 3.05) is 6.54 Å². The zero-order chi connectivity index (χ0) is 11.4. The van der Waals surface area contributed by atoms with Crippen LogP contribution in [0, 0.1) is 15.9 Å². The Morgan fingerprint density at radius 2 is 2.27 bits per heavy atom. The van der Waals surface area contributed by atoms with Gasteiger partial charge in [0.2, 0.25) is 5.75 Å². The van der Waals surface area contributed by atoms with Gasteiger partial charge in [-0.25, -0.2) is 4.39 Å². The fraction of sp³-hybridized carbons (Fsp3) is 0.111. The predicted octanol–water partition coefficient (Wildman–Crippen LogP) is 1.41. The quantitative estimate of drug-likeness (QED) is 0.585. The van der Waals surface area contributed by atoms with E-state index in [1.54, 1.807) is 0 Å². The third kappa shape index (κ3) is 2.50. The zero-order valence-electron chi connectivity index (χ0n) is 7.68. The Morgan fingerprint density at radius 3 is 2.80 bits per heavy atom. The SMILES string of the molecule is NC/C=C/c1cc(F)cc([N+](=O)[O-])c1O. The van der Waals surface area contributed by atoms with Gasteiger partial charge in [-0.2, -0.15) is 0 Å². The van der Waals surface area contributed by atoms with E-state index in [-0.39, 0.29) is 12.1 Å². The summed E-state index contributed by atoms with van der Waals surface area (Å²) in [6.07, 6.45) is 2.78. The van der Waals surface area contributed by atoms with E-state index in [4.69, 9.17) is 5.73 Å². The number of phenolic OH excluding ortho intramolecular Hbond substituents is 1. The smallest absolute Gasteiger partial charge is 0.314 e. The number of nitrogens with zero attached hydrogens (tertiary/aromatic N) is 1. The highest BCUT2D eigenvalue weighted by molar-refractivity contribution is 5.64. The lowest BCUT2D eigenvalue weighted by atomic mass is 10.1. The minimum atomic E-state index is -0.849. The zero-order valence-corrected chi connectivity index (χ0v) is 7.68. The second-order valence-electron chi connectivity index (χ2n) is 2.76. The molecule has 0 aliphatic heterocycles. The Bertz CT molecular complexity index is 418. The summed E-state index contributed by atoms with van der Waals surface area (Å²) in [6, 6.07) is 1.66. The van der Waals surface area contributed by atoms with E-state index < -0.39 is 22.2 Å². The van der Waals surface area contributed by atoms with Gasteiger partial charge in [0, 0.05) is 12.1 Å². The number of phenols is 1. The maximum Gasteiger partial charge on any atom is 0.314 e. The first-order valence-electron chi connectivity index (χ1n) is 4.09. The first kappa shape index (κ1) is 11.1. The van der Waals surface area contributed by atoms with Crippen molar-refractivity contribution >= 4 is 11.8 Å². The van der Waals surface area contributed by atoms with Crippen LogP contribution in [0.15, 0.2) is 18.2 Å². The number of halogens is 1. The van der Waals surface area contributed by atoms with E-state index in [0.717, 1.165) is 6.07 Å². The van der Waals surface area contributed by atoms with E-state index in [1.165, 1.54) is 12.2 Å². The Hall–Kier alpha value is -1.95. The van der Waals surface area contributed by atoms with Crippen LogP contribution in [0.4, 0.5) is 10.1 Å². The molecular weight excluding hydrogens is 203 g/mol. The van der Waals surface area contributed by atoms with Gasteiger partial charge in [-0.05, 0) is 6.07 Å². The molecule has 0 bridgehead atoms. The van der Waals surface area contributed by atoms with Crippen LogP contribution in [0.1, 0.15) is 5.56 Å². The monoisotopic (exact) mass is 212 g/mol. The third-order valence-electron chi connectivity index (χ3n) is 1.71. The molecule has 80 valence electrons. The van der Waals surface area contributed by atoms with Crippen molar-refractivity contribution in [2.45, 2.75) is 0 Å². The summed E-state index contributed by atoms with van der Waals surface area (Å²) < 4.78 is 12.9. The molecule has 1 rings (SSSR count). The van der Waals surface area contributed by atoms with Crippen molar-refractivity contribution in [1.29, 1.82) is 0 Å². The molecular formula is C9H9FN2O3. The lowest BCUT2D eigenvalue weighted by Gasteiger charge is -2.00. The second kappa shape index (κ2) is 4.52. The Balaban J connectivity index is 3.28. The molecule has 0 aliphatic carbocycles. The fourth-order valence-corrected chi connectivity index (χ4v) is 1.07. The summed E-state index contributed by atoms with van der Waals surface area (Å²) in [5.74, 6) is -1.35. The van der Waals surface area contributed by atoms with Crippen molar-refractivity contribution < 1.29 is 14.4 Å². The average molecular weight is 212 g/mol. The maximum atomic E-state index is 12.9. The maximum absolute atomic E-state index is 12.9. The van der Waals surface area contributed by atoms with Crippen LogP contribution >= 0.6 is 0 Å². The molecule has 0 saturated carbocycles. The molecule has 0 amide bonds. The second-order valence-corrected chi connectivity index (χ2v) is 2.76. The summed E-state index contributed by atoms with van der Waals surface area (Å²) in [6.45, 7) is 0.198. The summed E-state index contributed by atoms with van der Waals surface area (Å²) in [5.41, 5.74) is 4.54. The number of rotatable bonds is 3. The molecule has 0 aliphatic rings. The summed E-state index contributed by atoms with van der Waals surface area (Å²) in [7, 11) is 0. The molecule has 0 unspecified atom stereocenters. The van der Waals surface area contributed by atoms with Crippen LogP contribution in [-0.2, 0) is 0 Å². The molecule has 0 radical (unpaired) electrons. The molecule has 0 atom stereocenters. The van der Waals surface area contributed by atoms with Crippen molar-refractivity contribution in [1.82, 2.24) is 0 Å². The summed E-state index contributed by atoms with van der Waals surface area (Å²) in [4.78, 5) is 9.58. The number of hydrogen-bond donors (Lipinski definition) is 2. The first-order valence-corrected chi connectivity index (χ1v) is 4.09. The molecule has 0 fully saturated rings. The van der Waals surface area contributed by atoms with Crippen LogP contribution < -0.4 is 5.73 Å². The Labute approximate surface area is 84.8 Å². The molecule has 0 aromatic heterocycles. The van der Waals surface area contributed by atoms with Crippen molar-refractivity contribution in [2.24, 2.45) is 5.73 Å². The molecule has 6 heteroatoms. The van der Waals surface area contributed by atoms with Gasteiger partial charge in [-0.15, -0.1) is 0 Å². The molecule has 1 aromatic carbocycles. The van der Waals surface area contributed by atoms with E-state index in [2.05, 4.69) is 0 Å². The van der Waals surface area contributed by atoms with Crippen molar-refractivity contribution in [3.8, 4) is 5.75 Å². The van der Waals surface area contributed by atoms with Crippen LogP contribution in [0.5, 0.6) is 5.75 Å². The number of nitro groups is 1. The minimum absolute atomic E-state index is 0.0344. The van der Waals surface area contributed by atoms with Gasteiger partial charge in [0.05, 0.1) is 11.0 Å². The van der Waals surface area contributed by atoms with Gasteiger partial charge in [0.25, 0.3) is 0 Å². The van der Waals surface area contributed by atoms with Crippen LogP contribution in [-0.4, -0.2) is 16.6 Å². The Morgan fingerprint density at radius 1 is 1.60 bits per heavy atom. The van der Waals surface area contributed by atoms with Crippen molar-refractivity contribution in [3.63, 3.8) is 0 Å². The van der Waals surface area contributed by atoms with E-state index in [9.17, 15) is 19.6 Å².